The summed E-state index contributed by atoms with van der Waals surface area (Å²) in [4.78, 5) is 27.5. The summed E-state index contributed by atoms with van der Waals surface area (Å²) in [6.45, 7) is 3.77. The maximum atomic E-state index is 13.0. The van der Waals surface area contributed by atoms with Crippen molar-refractivity contribution in [1.82, 2.24) is 10.2 Å². The van der Waals surface area contributed by atoms with Gasteiger partial charge in [0.2, 0.25) is 5.91 Å². The van der Waals surface area contributed by atoms with Crippen molar-refractivity contribution in [2.45, 2.75) is 63.2 Å². The fourth-order valence-corrected chi connectivity index (χ4v) is 5.97. The Morgan fingerprint density at radius 3 is 2.49 bits per heavy atom. The molecular weight excluding hydrogens is 462 g/mol. The number of carbonyl (C=O) groups excluding carboxylic acids is 2. The number of hydrogen-bond acceptors (Lipinski definition) is 4. The van der Waals surface area contributed by atoms with E-state index < -0.39 is 10.0 Å². The Bertz CT molecular complexity index is 1160. The first-order valence-corrected chi connectivity index (χ1v) is 14.2. The van der Waals surface area contributed by atoms with Gasteiger partial charge < -0.3 is 10.2 Å². The third-order valence-electron chi connectivity index (χ3n) is 6.92. The average Bonchev–Trinajstić information content (AvgIpc) is 2.88. The van der Waals surface area contributed by atoms with Gasteiger partial charge in [-0.05, 0) is 92.5 Å². The zero-order chi connectivity index (χ0) is 24.8. The first-order valence-electron chi connectivity index (χ1n) is 12.7. The molecule has 2 N–H and O–H groups in total. The van der Waals surface area contributed by atoms with E-state index in [1.165, 1.54) is 5.56 Å². The molecular formula is C27H35N3O4S. The smallest absolute Gasteiger partial charge is 0.261 e. The second-order valence-corrected chi connectivity index (χ2v) is 11.2. The number of nitrogens with zero attached hydrogens (tertiary/aromatic N) is 1. The van der Waals surface area contributed by atoms with Crippen molar-refractivity contribution in [3.05, 3.63) is 59.2 Å². The topological polar surface area (TPSA) is 95.6 Å². The van der Waals surface area contributed by atoms with Gasteiger partial charge in [-0.3, -0.25) is 14.3 Å². The summed E-state index contributed by atoms with van der Waals surface area (Å²) in [6.07, 6.45) is 7.68. The molecule has 0 aromatic heterocycles. The van der Waals surface area contributed by atoms with Gasteiger partial charge in [-0.15, -0.1) is 0 Å². The number of aryl methyl sites for hydroxylation is 2. The van der Waals surface area contributed by atoms with Crippen LogP contribution in [0.3, 0.4) is 0 Å². The Morgan fingerprint density at radius 2 is 1.74 bits per heavy atom. The van der Waals surface area contributed by atoms with Gasteiger partial charge >= 0.3 is 0 Å². The number of hydrogen-bond donors (Lipinski definition) is 2. The van der Waals surface area contributed by atoms with Crippen LogP contribution < -0.4 is 10.0 Å². The van der Waals surface area contributed by atoms with E-state index in [1.807, 2.05) is 6.07 Å². The number of sulfonamides is 1. The molecule has 1 aliphatic heterocycles. The fraction of sp³-hybridized carbons (Fsp3) is 0.481. The highest BCUT2D eigenvalue weighted by Gasteiger charge is 2.29. The number of nitrogens with one attached hydrogen (secondary N) is 2. The first-order chi connectivity index (χ1) is 16.9. The van der Waals surface area contributed by atoms with Crippen LogP contribution in [0.25, 0.3) is 0 Å². The predicted octanol–water partition coefficient (Wildman–Crippen LogP) is 4.13. The third-order valence-corrected chi connectivity index (χ3v) is 8.30. The molecule has 0 bridgehead atoms. The normalized spacial score (nSPS) is 18.0. The lowest BCUT2D eigenvalue weighted by atomic mass is 9.92. The highest BCUT2D eigenvalue weighted by Crippen LogP contribution is 2.26. The van der Waals surface area contributed by atoms with Gasteiger partial charge in [0.1, 0.15) is 0 Å². The number of unbranched alkanes of at least 4 members (excludes halogenated alkanes) is 1. The highest BCUT2D eigenvalue weighted by molar-refractivity contribution is 7.92. The van der Waals surface area contributed by atoms with Gasteiger partial charge in [-0.2, -0.15) is 0 Å². The Labute approximate surface area is 208 Å². The lowest BCUT2D eigenvalue weighted by Gasteiger charge is -2.32. The molecule has 7 nitrogen and oxygen atoms in total. The summed E-state index contributed by atoms with van der Waals surface area (Å²) in [6, 6.07) is 11.9. The summed E-state index contributed by atoms with van der Waals surface area (Å²) < 4.78 is 28.5. The van der Waals surface area contributed by atoms with Crippen molar-refractivity contribution in [3.63, 3.8) is 0 Å². The molecule has 2 aromatic rings. The number of rotatable bonds is 8. The molecule has 0 saturated carbocycles. The van der Waals surface area contributed by atoms with Crippen molar-refractivity contribution in [2.75, 3.05) is 24.4 Å². The first kappa shape index (κ1) is 25.2. The number of amides is 2. The molecule has 2 amide bonds. The van der Waals surface area contributed by atoms with Crippen molar-refractivity contribution >= 4 is 27.5 Å². The maximum absolute atomic E-state index is 13.0. The van der Waals surface area contributed by atoms with E-state index in [1.54, 1.807) is 41.3 Å². The lowest BCUT2D eigenvalue weighted by Crippen LogP contribution is -2.45. The van der Waals surface area contributed by atoms with Crippen LogP contribution in [-0.2, 0) is 27.7 Å². The van der Waals surface area contributed by atoms with E-state index in [9.17, 15) is 18.0 Å². The molecule has 4 rings (SSSR count). The lowest BCUT2D eigenvalue weighted by molar-refractivity contribution is -0.126. The van der Waals surface area contributed by atoms with Gasteiger partial charge in [-0.25, -0.2) is 8.42 Å². The van der Waals surface area contributed by atoms with E-state index in [-0.39, 0.29) is 22.6 Å². The fourth-order valence-electron chi connectivity index (χ4n) is 4.86. The summed E-state index contributed by atoms with van der Waals surface area (Å²) in [7, 11) is -3.72. The molecule has 1 unspecified atom stereocenters. The minimum absolute atomic E-state index is 0.0166. The molecule has 1 saturated heterocycles. The quantitative estimate of drug-likeness (QED) is 0.536. The summed E-state index contributed by atoms with van der Waals surface area (Å²) in [5.74, 6) is -0.310. The van der Waals surface area contributed by atoms with E-state index in [4.69, 9.17) is 0 Å². The van der Waals surface area contributed by atoms with Crippen molar-refractivity contribution < 1.29 is 18.0 Å². The Morgan fingerprint density at radius 1 is 1.00 bits per heavy atom. The second kappa shape index (κ2) is 11.2. The number of benzene rings is 2. The van der Waals surface area contributed by atoms with Crippen LogP contribution in [0.1, 0.15) is 66.9 Å². The molecule has 1 heterocycles. The number of fused-ring (bicyclic) bond motifs is 1. The summed E-state index contributed by atoms with van der Waals surface area (Å²) >= 11 is 0. The van der Waals surface area contributed by atoms with Crippen LogP contribution >= 0.6 is 0 Å². The minimum atomic E-state index is -3.72. The van der Waals surface area contributed by atoms with Gasteiger partial charge in [0.05, 0.1) is 10.8 Å². The molecule has 188 valence electrons. The molecule has 2 aliphatic rings. The molecule has 2 aromatic carbocycles. The Kier molecular flexibility index (Phi) is 8.11. The zero-order valence-corrected chi connectivity index (χ0v) is 21.2. The maximum Gasteiger partial charge on any atom is 0.261 e. The molecule has 1 fully saturated rings. The number of anilines is 1. The molecule has 0 radical (unpaired) electrons. The van der Waals surface area contributed by atoms with Crippen LogP contribution in [0.15, 0.2) is 47.4 Å². The summed E-state index contributed by atoms with van der Waals surface area (Å²) in [5, 5.41) is 2.97. The number of likely N-dealkylation sites (tertiary alicyclic amines) is 1. The van der Waals surface area contributed by atoms with Gasteiger partial charge in [0.25, 0.3) is 15.9 Å². The average molecular weight is 498 g/mol. The van der Waals surface area contributed by atoms with E-state index >= 15 is 0 Å². The van der Waals surface area contributed by atoms with Crippen LogP contribution in [0.5, 0.6) is 0 Å². The molecule has 1 aliphatic carbocycles. The van der Waals surface area contributed by atoms with E-state index in [0.29, 0.717) is 30.9 Å². The summed E-state index contributed by atoms with van der Waals surface area (Å²) in [5.41, 5.74) is 3.23. The molecule has 0 spiro atoms. The monoisotopic (exact) mass is 497 g/mol. The van der Waals surface area contributed by atoms with Crippen LogP contribution in [0.4, 0.5) is 5.69 Å². The molecule has 8 heteroatoms. The van der Waals surface area contributed by atoms with Gasteiger partial charge in [-0.1, -0.05) is 19.4 Å². The van der Waals surface area contributed by atoms with Crippen LogP contribution in [0, 0.1) is 5.92 Å². The van der Waals surface area contributed by atoms with Crippen LogP contribution in [0.2, 0.25) is 0 Å². The Hall–Kier alpha value is -2.87. The van der Waals surface area contributed by atoms with Gasteiger partial charge in [0.15, 0.2) is 0 Å². The number of piperidine rings is 1. The zero-order valence-electron chi connectivity index (χ0n) is 20.4. The van der Waals surface area contributed by atoms with E-state index in [0.717, 1.165) is 56.9 Å². The van der Waals surface area contributed by atoms with Crippen molar-refractivity contribution in [1.29, 1.82) is 0 Å². The van der Waals surface area contributed by atoms with Crippen molar-refractivity contribution in [3.8, 4) is 0 Å². The van der Waals surface area contributed by atoms with E-state index in [2.05, 4.69) is 17.0 Å². The highest BCUT2D eigenvalue weighted by atomic mass is 32.2. The Balaban J connectivity index is 1.38. The van der Waals surface area contributed by atoms with Gasteiger partial charge in [0, 0.05) is 30.9 Å². The second-order valence-electron chi connectivity index (χ2n) is 9.56. The SMILES string of the molecule is CCCCNC(=O)C1CCCN(C(=O)c2ccc(NS(=O)(=O)c3ccc4c(c3)CCCC4)cc2)C1. The van der Waals surface area contributed by atoms with Crippen LogP contribution in [-0.4, -0.2) is 44.8 Å². The standard InChI is InChI=1S/C27H35N3O4S/c1-2-3-16-28-26(31)23-9-6-17-30(19-23)27(32)21-10-13-24(14-11-21)29-35(33,34)25-15-12-20-7-4-5-8-22(20)18-25/h10-15,18,23,29H,2-9,16-17,19H2,1H3,(H,28,31). The minimum Gasteiger partial charge on any atom is -0.356 e. The van der Waals surface area contributed by atoms with Crippen molar-refractivity contribution in [2.24, 2.45) is 5.92 Å². The number of carbonyl (C=O) groups is 2. The molecule has 1 atom stereocenters. The predicted molar refractivity (Wildman–Crippen MR) is 137 cm³/mol. The third kappa shape index (κ3) is 6.23. The largest absolute Gasteiger partial charge is 0.356 e. The molecule has 35 heavy (non-hydrogen) atoms.